The second-order valence-corrected chi connectivity index (χ2v) is 2.15. The molecule has 3 heteroatoms. The van der Waals surface area contributed by atoms with Gasteiger partial charge in [-0.3, -0.25) is 9.89 Å². The number of nitrogens with zero attached hydrogens (tertiary/aromatic N) is 1. The van der Waals surface area contributed by atoms with Gasteiger partial charge in [0.1, 0.15) is 13.1 Å². The predicted octanol–water partition coefficient (Wildman–Crippen LogP) is -2.96. The number of halogens is 1. The Hall–Kier alpha value is -0.240. The van der Waals surface area contributed by atoms with E-state index in [9.17, 15) is 0 Å². The van der Waals surface area contributed by atoms with Crippen LogP contribution in [0.2, 0.25) is 0 Å². The molecule has 1 aliphatic heterocycles. The third-order valence-corrected chi connectivity index (χ3v) is 1.57. The zero-order valence-corrected chi connectivity index (χ0v) is 6.70. The Bertz CT molecular complexity index is 120. The van der Waals surface area contributed by atoms with Gasteiger partial charge in [0.05, 0.1) is 7.05 Å². The van der Waals surface area contributed by atoms with E-state index in [1.807, 2.05) is 0 Å². The van der Waals surface area contributed by atoms with E-state index >= 15 is 0 Å². The maximum Gasteiger partial charge on any atom is 0.244 e. The lowest BCUT2D eigenvalue weighted by Crippen LogP contribution is -3.00. The molecule has 0 aromatic carbocycles. The van der Waals surface area contributed by atoms with E-state index in [1.165, 1.54) is 12.4 Å². The lowest BCUT2D eigenvalue weighted by molar-refractivity contribution is -0.487. The van der Waals surface area contributed by atoms with Crippen molar-refractivity contribution in [3.8, 4) is 0 Å². The molecule has 1 rings (SSSR count). The Morgan fingerprint density at radius 1 is 1.67 bits per heavy atom. The van der Waals surface area contributed by atoms with Crippen LogP contribution in [0.5, 0.6) is 0 Å². The van der Waals surface area contributed by atoms with Gasteiger partial charge in [-0.15, -0.1) is 0 Å². The SMILES string of the molecule is CCC1=[N+](C)CCN1.[Cl-]. The second kappa shape index (κ2) is 3.72. The Balaban J connectivity index is 0.000000640. The van der Waals surface area contributed by atoms with Crippen molar-refractivity contribution >= 4 is 5.84 Å². The zero-order chi connectivity index (χ0) is 5.98. The number of nitrogens with one attached hydrogen (secondary N) is 1. The maximum atomic E-state index is 3.30. The topological polar surface area (TPSA) is 15.0 Å². The largest absolute Gasteiger partial charge is 1.00 e. The van der Waals surface area contributed by atoms with Gasteiger partial charge in [-0.1, -0.05) is 6.92 Å². The van der Waals surface area contributed by atoms with Crippen LogP contribution in [0.25, 0.3) is 0 Å². The molecule has 0 saturated heterocycles. The molecular formula is C6H13ClN2. The van der Waals surface area contributed by atoms with Crippen LogP contribution in [0.1, 0.15) is 13.3 Å². The van der Waals surface area contributed by atoms with Crippen LogP contribution >= 0.6 is 0 Å². The minimum absolute atomic E-state index is 0. The fourth-order valence-electron chi connectivity index (χ4n) is 1.03. The van der Waals surface area contributed by atoms with Gasteiger partial charge in [0, 0.05) is 6.42 Å². The van der Waals surface area contributed by atoms with E-state index in [2.05, 4.69) is 23.9 Å². The Morgan fingerprint density at radius 3 is 2.56 bits per heavy atom. The van der Waals surface area contributed by atoms with Gasteiger partial charge in [-0.25, -0.2) is 0 Å². The van der Waals surface area contributed by atoms with E-state index < -0.39 is 0 Å². The summed E-state index contributed by atoms with van der Waals surface area (Å²) in [5, 5.41) is 3.30. The number of likely N-dealkylation sites (N-methyl/N-ethyl adjacent to an activating group) is 1. The van der Waals surface area contributed by atoms with Gasteiger partial charge in [-0.05, 0) is 0 Å². The zero-order valence-electron chi connectivity index (χ0n) is 5.95. The number of rotatable bonds is 1. The van der Waals surface area contributed by atoms with Gasteiger partial charge < -0.3 is 12.4 Å². The standard InChI is InChI=1S/C6H12N2.ClH/c1-3-6-7-4-5-8(6)2;/h3-5H2,1-2H3;1H. The summed E-state index contributed by atoms with van der Waals surface area (Å²) >= 11 is 0. The highest BCUT2D eigenvalue weighted by atomic mass is 35.5. The van der Waals surface area contributed by atoms with Crippen molar-refractivity contribution in [3.63, 3.8) is 0 Å². The first-order valence-electron chi connectivity index (χ1n) is 3.15. The fourth-order valence-corrected chi connectivity index (χ4v) is 1.03. The highest BCUT2D eigenvalue weighted by Gasteiger charge is 2.13. The van der Waals surface area contributed by atoms with Crippen molar-refractivity contribution in [2.45, 2.75) is 13.3 Å². The molecular weight excluding hydrogens is 136 g/mol. The normalized spacial score (nSPS) is 17.1. The Morgan fingerprint density at radius 2 is 2.33 bits per heavy atom. The van der Waals surface area contributed by atoms with Crippen molar-refractivity contribution in [2.24, 2.45) is 0 Å². The summed E-state index contributed by atoms with van der Waals surface area (Å²) in [7, 11) is 2.12. The molecule has 2 nitrogen and oxygen atoms in total. The van der Waals surface area contributed by atoms with Gasteiger partial charge in [0.2, 0.25) is 5.84 Å². The first-order chi connectivity index (χ1) is 3.84. The molecule has 0 aromatic rings. The molecule has 0 saturated carbocycles. The third kappa shape index (κ3) is 1.86. The fraction of sp³-hybridized carbons (Fsp3) is 0.833. The molecule has 9 heavy (non-hydrogen) atoms. The van der Waals surface area contributed by atoms with Crippen LogP contribution in [-0.2, 0) is 0 Å². The van der Waals surface area contributed by atoms with Crippen molar-refractivity contribution in [1.82, 2.24) is 5.32 Å². The average molecular weight is 149 g/mol. The van der Waals surface area contributed by atoms with Crippen LogP contribution < -0.4 is 17.7 Å². The highest BCUT2D eigenvalue weighted by Crippen LogP contribution is 1.86. The molecule has 0 fully saturated rings. The van der Waals surface area contributed by atoms with Crippen LogP contribution in [0.3, 0.4) is 0 Å². The monoisotopic (exact) mass is 148 g/mol. The molecule has 0 aromatic heterocycles. The van der Waals surface area contributed by atoms with E-state index in [-0.39, 0.29) is 12.4 Å². The quantitative estimate of drug-likeness (QED) is 0.393. The molecule has 54 valence electrons. The summed E-state index contributed by atoms with van der Waals surface area (Å²) in [6.07, 6.45) is 1.14. The molecule has 1 N–H and O–H groups in total. The van der Waals surface area contributed by atoms with Crippen molar-refractivity contribution in [2.75, 3.05) is 20.1 Å². The summed E-state index contributed by atoms with van der Waals surface area (Å²) in [5.74, 6) is 1.38. The predicted molar refractivity (Wildman–Crippen MR) is 34.4 cm³/mol. The Labute approximate surface area is 62.4 Å². The molecule has 0 atom stereocenters. The third-order valence-electron chi connectivity index (χ3n) is 1.57. The van der Waals surface area contributed by atoms with Crippen molar-refractivity contribution < 1.29 is 17.0 Å². The van der Waals surface area contributed by atoms with E-state index in [0.717, 1.165) is 13.0 Å². The summed E-state index contributed by atoms with van der Waals surface area (Å²) in [4.78, 5) is 0. The smallest absolute Gasteiger partial charge is 0.244 e. The first kappa shape index (κ1) is 8.76. The molecule has 0 radical (unpaired) electrons. The van der Waals surface area contributed by atoms with E-state index in [0.29, 0.717) is 0 Å². The maximum absolute atomic E-state index is 3.30. The minimum atomic E-state index is 0. The van der Waals surface area contributed by atoms with Crippen LogP contribution in [-0.4, -0.2) is 30.5 Å². The molecule has 0 amide bonds. The lowest BCUT2D eigenvalue weighted by Gasteiger charge is -1.89. The van der Waals surface area contributed by atoms with Crippen LogP contribution in [0.15, 0.2) is 0 Å². The summed E-state index contributed by atoms with van der Waals surface area (Å²) in [5.41, 5.74) is 0. The summed E-state index contributed by atoms with van der Waals surface area (Å²) < 4.78 is 2.26. The van der Waals surface area contributed by atoms with Crippen molar-refractivity contribution in [1.29, 1.82) is 0 Å². The molecule has 1 aliphatic rings. The lowest BCUT2D eigenvalue weighted by atomic mass is 10.4. The molecule has 0 bridgehead atoms. The molecule has 0 unspecified atom stereocenters. The van der Waals surface area contributed by atoms with E-state index in [4.69, 9.17) is 0 Å². The van der Waals surface area contributed by atoms with Crippen molar-refractivity contribution in [3.05, 3.63) is 0 Å². The van der Waals surface area contributed by atoms with Gasteiger partial charge in [-0.2, -0.15) is 0 Å². The molecule has 1 heterocycles. The summed E-state index contributed by atoms with van der Waals surface area (Å²) in [6, 6.07) is 0. The van der Waals surface area contributed by atoms with E-state index in [1.54, 1.807) is 0 Å². The number of amidine groups is 1. The summed E-state index contributed by atoms with van der Waals surface area (Å²) in [6.45, 7) is 4.47. The van der Waals surface area contributed by atoms with Gasteiger partial charge in [0.15, 0.2) is 0 Å². The number of hydrogen-bond donors (Lipinski definition) is 1. The molecule has 0 aliphatic carbocycles. The average Bonchev–Trinajstić information content (AvgIpc) is 2.14. The molecule has 0 spiro atoms. The minimum Gasteiger partial charge on any atom is -1.00 e. The van der Waals surface area contributed by atoms with Gasteiger partial charge >= 0.3 is 0 Å². The van der Waals surface area contributed by atoms with Gasteiger partial charge in [0.25, 0.3) is 0 Å². The van der Waals surface area contributed by atoms with Crippen LogP contribution in [0, 0.1) is 0 Å². The Kier molecular flexibility index (Phi) is 3.62. The number of hydrogen-bond acceptors (Lipinski definition) is 1. The second-order valence-electron chi connectivity index (χ2n) is 2.15. The highest BCUT2D eigenvalue weighted by molar-refractivity contribution is 5.77. The van der Waals surface area contributed by atoms with Crippen LogP contribution in [0.4, 0.5) is 0 Å². The first-order valence-corrected chi connectivity index (χ1v) is 3.15.